The molecule has 0 aliphatic rings. The van der Waals surface area contributed by atoms with Gasteiger partial charge >= 0.3 is 0 Å². The number of hydrogen-bond donors (Lipinski definition) is 0. The molecule has 0 aliphatic heterocycles. The number of aryl methyl sites for hydroxylation is 1. The lowest BCUT2D eigenvalue weighted by atomic mass is 10.1. The predicted molar refractivity (Wildman–Crippen MR) is 62.5 cm³/mol. The van der Waals surface area contributed by atoms with Gasteiger partial charge in [-0.1, -0.05) is 26.0 Å². The van der Waals surface area contributed by atoms with Crippen molar-refractivity contribution in [3.8, 4) is 0 Å². The van der Waals surface area contributed by atoms with Gasteiger partial charge in [0.25, 0.3) is 0 Å². The zero-order valence-corrected chi connectivity index (χ0v) is 10.2. The zero-order chi connectivity index (χ0) is 10.3. The molecule has 0 N–H and O–H groups in total. The van der Waals surface area contributed by atoms with Crippen LogP contribution in [0.5, 0.6) is 0 Å². The first-order valence-electron chi connectivity index (χ1n) is 4.72. The lowest BCUT2D eigenvalue weighted by molar-refractivity contribution is 0.677. The smallest absolute Gasteiger partial charge is 0.107 e. The van der Waals surface area contributed by atoms with E-state index in [0.717, 1.165) is 9.99 Å². The SMILES string of the molecule is CC(C)c1c2cccc(Br)c2nn1C. The molecule has 0 amide bonds. The molecule has 2 rings (SSSR count). The Morgan fingerprint density at radius 1 is 1.36 bits per heavy atom. The van der Waals surface area contributed by atoms with Gasteiger partial charge in [-0.05, 0) is 27.9 Å². The van der Waals surface area contributed by atoms with Gasteiger partial charge in [0.2, 0.25) is 0 Å². The van der Waals surface area contributed by atoms with E-state index >= 15 is 0 Å². The monoisotopic (exact) mass is 252 g/mol. The Morgan fingerprint density at radius 2 is 2.07 bits per heavy atom. The number of halogens is 1. The van der Waals surface area contributed by atoms with E-state index in [-0.39, 0.29) is 0 Å². The Balaban J connectivity index is 2.83. The highest BCUT2D eigenvalue weighted by atomic mass is 79.9. The molecule has 0 spiro atoms. The van der Waals surface area contributed by atoms with Crippen LogP contribution in [-0.2, 0) is 7.05 Å². The van der Waals surface area contributed by atoms with Gasteiger partial charge in [0, 0.05) is 22.6 Å². The van der Waals surface area contributed by atoms with Crippen LogP contribution in [0.3, 0.4) is 0 Å². The third-order valence-electron chi connectivity index (χ3n) is 2.41. The van der Waals surface area contributed by atoms with Crippen LogP contribution in [0.2, 0.25) is 0 Å². The Hall–Kier alpha value is -0.830. The highest BCUT2D eigenvalue weighted by molar-refractivity contribution is 9.10. The standard InChI is InChI=1S/C11H13BrN2/c1-7(2)11-8-5-4-6-9(12)10(8)13-14(11)3/h4-7H,1-3H3. The molecule has 0 fully saturated rings. The first kappa shape index (κ1) is 9.71. The van der Waals surface area contributed by atoms with Crippen molar-refractivity contribution in [1.82, 2.24) is 9.78 Å². The summed E-state index contributed by atoms with van der Waals surface area (Å²) in [4.78, 5) is 0. The Kier molecular flexibility index (Phi) is 2.35. The van der Waals surface area contributed by atoms with Crippen molar-refractivity contribution in [2.45, 2.75) is 19.8 Å². The van der Waals surface area contributed by atoms with Crippen LogP contribution in [0.15, 0.2) is 22.7 Å². The summed E-state index contributed by atoms with van der Waals surface area (Å²) in [6.07, 6.45) is 0. The average molecular weight is 253 g/mol. The van der Waals surface area contributed by atoms with Crippen molar-refractivity contribution < 1.29 is 0 Å². The van der Waals surface area contributed by atoms with Crippen molar-refractivity contribution >= 4 is 26.8 Å². The molecular weight excluding hydrogens is 240 g/mol. The summed E-state index contributed by atoms with van der Waals surface area (Å²) in [5, 5.41) is 5.75. The van der Waals surface area contributed by atoms with Crippen molar-refractivity contribution in [3.05, 3.63) is 28.4 Å². The second-order valence-electron chi connectivity index (χ2n) is 3.80. The molecule has 0 bridgehead atoms. The van der Waals surface area contributed by atoms with Crippen molar-refractivity contribution in [2.75, 3.05) is 0 Å². The van der Waals surface area contributed by atoms with Crippen LogP contribution in [0.1, 0.15) is 25.5 Å². The zero-order valence-electron chi connectivity index (χ0n) is 8.58. The van der Waals surface area contributed by atoms with E-state index < -0.39 is 0 Å². The molecule has 2 nitrogen and oxygen atoms in total. The summed E-state index contributed by atoms with van der Waals surface area (Å²) in [7, 11) is 2.00. The summed E-state index contributed by atoms with van der Waals surface area (Å²) < 4.78 is 3.04. The van der Waals surface area contributed by atoms with Crippen molar-refractivity contribution in [3.63, 3.8) is 0 Å². The number of fused-ring (bicyclic) bond motifs is 1. The van der Waals surface area contributed by atoms with E-state index in [9.17, 15) is 0 Å². The topological polar surface area (TPSA) is 17.8 Å². The van der Waals surface area contributed by atoms with Crippen LogP contribution >= 0.6 is 15.9 Å². The molecule has 3 heteroatoms. The number of aromatic nitrogens is 2. The number of hydrogen-bond acceptors (Lipinski definition) is 1. The maximum absolute atomic E-state index is 4.50. The predicted octanol–water partition coefficient (Wildman–Crippen LogP) is 3.46. The fourth-order valence-corrected chi connectivity index (χ4v) is 2.33. The summed E-state index contributed by atoms with van der Waals surface area (Å²) in [6.45, 7) is 4.38. The number of benzene rings is 1. The van der Waals surface area contributed by atoms with Gasteiger partial charge in [-0.15, -0.1) is 0 Å². The molecule has 0 unspecified atom stereocenters. The Bertz CT molecular complexity index is 471. The molecule has 0 radical (unpaired) electrons. The largest absolute Gasteiger partial charge is 0.271 e. The first-order chi connectivity index (χ1) is 6.61. The molecule has 0 aliphatic carbocycles. The Morgan fingerprint density at radius 3 is 2.71 bits per heavy atom. The van der Waals surface area contributed by atoms with E-state index in [1.54, 1.807) is 0 Å². The van der Waals surface area contributed by atoms with Gasteiger partial charge in [-0.25, -0.2) is 0 Å². The van der Waals surface area contributed by atoms with Gasteiger partial charge in [-0.2, -0.15) is 5.10 Å². The van der Waals surface area contributed by atoms with Gasteiger partial charge in [0.05, 0.1) is 0 Å². The number of nitrogens with zero attached hydrogens (tertiary/aromatic N) is 2. The molecule has 0 saturated heterocycles. The van der Waals surface area contributed by atoms with Crippen LogP contribution in [0, 0.1) is 0 Å². The molecule has 2 aromatic rings. The quantitative estimate of drug-likeness (QED) is 0.761. The summed E-state index contributed by atoms with van der Waals surface area (Å²) in [5.74, 6) is 0.499. The minimum Gasteiger partial charge on any atom is -0.271 e. The van der Waals surface area contributed by atoms with Crippen LogP contribution in [0.25, 0.3) is 10.9 Å². The molecule has 14 heavy (non-hydrogen) atoms. The minimum atomic E-state index is 0.499. The highest BCUT2D eigenvalue weighted by Crippen LogP contribution is 2.29. The normalized spacial score (nSPS) is 11.5. The highest BCUT2D eigenvalue weighted by Gasteiger charge is 2.13. The number of rotatable bonds is 1. The molecule has 1 aromatic carbocycles. The average Bonchev–Trinajstić information content (AvgIpc) is 2.42. The van der Waals surface area contributed by atoms with Crippen LogP contribution in [-0.4, -0.2) is 9.78 Å². The molecule has 0 saturated carbocycles. The van der Waals surface area contributed by atoms with E-state index in [0.29, 0.717) is 5.92 Å². The second kappa shape index (κ2) is 3.39. The van der Waals surface area contributed by atoms with E-state index in [1.165, 1.54) is 11.1 Å². The van der Waals surface area contributed by atoms with E-state index in [4.69, 9.17) is 0 Å². The molecular formula is C11H13BrN2. The molecule has 1 heterocycles. The lowest BCUT2D eigenvalue weighted by Gasteiger charge is -2.05. The van der Waals surface area contributed by atoms with Gasteiger partial charge < -0.3 is 0 Å². The molecule has 74 valence electrons. The fourth-order valence-electron chi connectivity index (χ4n) is 1.89. The summed E-state index contributed by atoms with van der Waals surface area (Å²) in [5.41, 5.74) is 2.35. The Labute approximate surface area is 92.0 Å². The van der Waals surface area contributed by atoms with Crippen molar-refractivity contribution in [1.29, 1.82) is 0 Å². The fraction of sp³-hybridized carbons (Fsp3) is 0.364. The van der Waals surface area contributed by atoms with E-state index in [1.807, 2.05) is 17.8 Å². The van der Waals surface area contributed by atoms with E-state index in [2.05, 4.69) is 47.0 Å². The van der Waals surface area contributed by atoms with Crippen LogP contribution < -0.4 is 0 Å². The molecule has 1 aromatic heterocycles. The van der Waals surface area contributed by atoms with Crippen molar-refractivity contribution in [2.24, 2.45) is 7.05 Å². The van der Waals surface area contributed by atoms with Gasteiger partial charge in [0.1, 0.15) is 5.52 Å². The minimum absolute atomic E-state index is 0.499. The maximum atomic E-state index is 4.50. The van der Waals surface area contributed by atoms with Gasteiger partial charge in [0.15, 0.2) is 0 Å². The summed E-state index contributed by atoms with van der Waals surface area (Å²) >= 11 is 3.52. The first-order valence-corrected chi connectivity index (χ1v) is 5.51. The summed E-state index contributed by atoms with van der Waals surface area (Å²) in [6, 6.07) is 6.21. The molecule has 0 atom stereocenters. The van der Waals surface area contributed by atoms with Crippen LogP contribution in [0.4, 0.5) is 0 Å². The third-order valence-corrected chi connectivity index (χ3v) is 3.05. The van der Waals surface area contributed by atoms with Gasteiger partial charge in [-0.3, -0.25) is 4.68 Å². The maximum Gasteiger partial charge on any atom is 0.107 e. The third kappa shape index (κ3) is 1.36. The lowest BCUT2D eigenvalue weighted by Crippen LogP contribution is -1.99. The second-order valence-corrected chi connectivity index (χ2v) is 4.65.